The molecule has 5 heteroatoms. The van der Waals surface area contributed by atoms with E-state index in [1.54, 1.807) is 7.11 Å². The van der Waals surface area contributed by atoms with Gasteiger partial charge in [0, 0.05) is 59.2 Å². The van der Waals surface area contributed by atoms with Crippen molar-refractivity contribution in [3.63, 3.8) is 0 Å². The summed E-state index contributed by atoms with van der Waals surface area (Å²) in [5.74, 6) is 0.398. The largest absolute Gasteiger partial charge is 0.385 e. The number of nitrogens with zero attached hydrogens (tertiary/aromatic N) is 2. The van der Waals surface area contributed by atoms with E-state index in [1.165, 1.54) is 6.42 Å². The molecule has 3 rings (SSSR count). The summed E-state index contributed by atoms with van der Waals surface area (Å²) in [7, 11) is 1.73. The minimum atomic E-state index is -0.107. The number of rotatable bonds is 5. The van der Waals surface area contributed by atoms with E-state index in [4.69, 9.17) is 9.47 Å². The Morgan fingerprint density at radius 3 is 2.57 bits per heavy atom. The summed E-state index contributed by atoms with van der Waals surface area (Å²) in [6, 6.07) is 0.657. The molecular formula is C18H32N2O3. The van der Waals surface area contributed by atoms with Gasteiger partial charge in [-0.2, -0.15) is 0 Å². The van der Waals surface area contributed by atoms with Gasteiger partial charge in [0.15, 0.2) is 0 Å². The molecule has 3 fully saturated rings. The first-order valence-electron chi connectivity index (χ1n) is 9.35. The highest BCUT2D eigenvalue weighted by molar-refractivity contribution is 5.83. The standard InChI is InChI=1S/C18H32N2O3/c1-22-15-8-18(6-2-7-18)17(21)20-10-3-9-19(11-12-20)16-4-13-23-14-5-16/h16H,2-15H2,1H3. The van der Waals surface area contributed by atoms with Crippen LogP contribution in [0.15, 0.2) is 0 Å². The monoisotopic (exact) mass is 324 g/mol. The predicted molar refractivity (Wildman–Crippen MR) is 89.4 cm³/mol. The fraction of sp³-hybridized carbons (Fsp3) is 0.944. The molecule has 1 amide bonds. The summed E-state index contributed by atoms with van der Waals surface area (Å²) in [4.78, 5) is 17.8. The van der Waals surface area contributed by atoms with Gasteiger partial charge in [-0.15, -0.1) is 0 Å². The Hall–Kier alpha value is -0.650. The van der Waals surface area contributed by atoms with Gasteiger partial charge in [-0.05, 0) is 38.5 Å². The van der Waals surface area contributed by atoms with E-state index in [0.717, 1.165) is 77.9 Å². The molecule has 0 aromatic rings. The van der Waals surface area contributed by atoms with Crippen molar-refractivity contribution in [3.8, 4) is 0 Å². The van der Waals surface area contributed by atoms with Crippen molar-refractivity contribution in [1.29, 1.82) is 0 Å². The van der Waals surface area contributed by atoms with Crippen molar-refractivity contribution in [2.75, 3.05) is 53.1 Å². The number of carbonyl (C=O) groups excluding carboxylic acids is 1. The van der Waals surface area contributed by atoms with Crippen molar-refractivity contribution in [2.24, 2.45) is 5.41 Å². The third-order valence-electron chi connectivity index (χ3n) is 6.07. The fourth-order valence-electron chi connectivity index (χ4n) is 4.36. The Balaban J connectivity index is 1.55. The van der Waals surface area contributed by atoms with Gasteiger partial charge in [0.25, 0.3) is 0 Å². The molecule has 0 aromatic carbocycles. The second-order valence-electron chi connectivity index (χ2n) is 7.40. The zero-order valence-electron chi connectivity index (χ0n) is 14.6. The van der Waals surface area contributed by atoms with Crippen LogP contribution in [0.2, 0.25) is 0 Å². The molecule has 1 saturated carbocycles. The normalized spacial score (nSPS) is 26.6. The van der Waals surface area contributed by atoms with Crippen molar-refractivity contribution >= 4 is 5.91 Å². The highest BCUT2D eigenvalue weighted by Gasteiger charge is 2.45. The van der Waals surface area contributed by atoms with Crippen LogP contribution >= 0.6 is 0 Å². The van der Waals surface area contributed by atoms with Crippen LogP contribution < -0.4 is 0 Å². The van der Waals surface area contributed by atoms with E-state index in [1.807, 2.05) is 0 Å². The minimum Gasteiger partial charge on any atom is -0.385 e. The van der Waals surface area contributed by atoms with Gasteiger partial charge in [-0.3, -0.25) is 9.69 Å². The maximum atomic E-state index is 13.1. The number of methoxy groups -OCH3 is 1. The van der Waals surface area contributed by atoms with Gasteiger partial charge in [-0.1, -0.05) is 6.42 Å². The molecule has 2 heterocycles. The van der Waals surface area contributed by atoms with Crippen LogP contribution in [0.4, 0.5) is 0 Å². The molecule has 3 aliphatic rings. The lowest BCUT2D eigenvalue weighted by Crippen LogP contribution is -2.50. The molecule has 0 spiro atoms. The first-order valence-corrected chi connectivity index (χ1v) is 9.35. The average Bonchev–Trinajstić information content (AvgIpc) is 2.80. The van der Waals surface area contributed by atoms with Crippen LogP contribution in [0.25, 0.3) is 0 Å². The molecule has 132 valence electrons. The van der Waals surface area contributed by atoms with Crippen LogP contribution in [-0.4, -0.2) is 74.9 Å². The molecular weight excluding hydrogens is 292 g/mol. The lowest BCUT2D eigenvalue weighted by molar-refractivity contribution is -0.149. The smallest absolute Gasteiger partial charge is 0.228 e. The zero-order chi connectivity index (χ0) is 16.1. The summed E-state index contributed by atoms with van der Waals surface area (Å²) in [5.41, 5.74) is -0.107. The van der Waals surface area contributed by atoms with Crippen LogP contribution in [-0.2, 0) is 14.3 Å². The topological polar surface area (TPSA) is 42.0 Å². The summed E-state index contributed by atoms with van der Waals surface area (Å²) < 4.78 is 10.7. The molecule has 0 bridgehead atoms. The lowest BCUT2D eigenvalue weighted by atomic mass is 9.65. The second kappa shape index (κ2) is 7.95. The third-order valence-corrected chi connectivity index (χ3v) is 6.07. The maximum absolute atomic E-state index is 13.1. The van der Waals surface area contributed by atoms with Crippen LogP contribution in [0.1, 0.15) is 44.9 Å². The number of amides is 1. The van der Waals surface area contributed by atoms with Gasteiger partial charge in [0.05, 0.1) is 5.41 Å². The molecule has 0 atom stereocenters. The van der Waals surface area contributed by atoms with Gasteiger partial charge in [-0.25, -0.2) is 0 Å². The van der Waals surface area contributed by atoms with E-state index >= 15 is 0 Å². The fourth-order valence-corrected chi connectivity index (χ4v) is 4.36. The number of hydrogen-bond acceptors (Lipinski definition) is 4. The molecule has 0 unspecified atom stereocenters. The zero-order valence-corrected chi connectivity index (χ0v) is 14.6. The van der Waals surface area contributed by atoms with E-state index in [2.05, 4.69) is 9.80 Å². The van der Waals surface area contributed by atoms with Crippen molar-refractivity contribution in [3.05, 3.63) is 0 Å². The van der Waals surface area contributed by atoms with Crippen molar-refractivity contribution in [1.82, 2.24) is 9.80 Å². The molecule has 1 aliphatic carbocycles. The molecule has 0 aromatic heterocycles. The first kappa shape index (κ1) is 17.2. The lowest BCUT2D eigenvalue weighted by Gasteiger charge is -2.43. The Kier molecular flexibility index (Phi) is 5.94. The Morgan fingerprint density at radius 2 is 1.91 bits per heavy atom. The van der Waals surface area contributed by atoms with Gasteiger partial charge in [0.2, 0.25) is 5.91 Å². The molecule has 0 radical (unpaired) electrons. The third kappa shape index (κ3) is 3.89. The predicted octanol–water partition coefficient (Wildman–Crippen LogP) is 1.91. The number of ether oxygens (including phenoxy) is 2. The highest BCUT2D eigenvalue weighted by atomic mass is 16.5. The van der Waals surface area contributed by atoms with E-state index in [0.29, 0.717) is 18.6 Å². The van der Waals surface area contributed by atoms with Crippen molar-refractivity contribution in [2.45, 2.75) is 51.0 Å². The van der Waals surface area contributed by atoms with Crippen molar-refractivity contribution < 1.29 is 14.3 Å². The molecule has 5 nitrogen and oxygen atoms in total. The summed E-state index contributed by atoms with van der Waals surface area (Å²) in [6.45, 7) is 6.45. The minimum absolute atomic E-state index is 0.107. The Bertz CT molecular complexity index is 392. The number of carbonyl (C=O) groups is 1. The van der Waals surface area contributed by atoms with Crippen LogP contribution in [0.5, 0.6) is 0 Å². The molecule has 23 heavy (non-hydrogen) atoms. The average molecular weight is 324 g/mol. The quantitative estimate of drug-likeness (QED) is 0.775. The maximum Gasteiger partial charge on any atom is 0.228 e. The Labute approximate surface area is 140 Å². The van der Waals surface area contributed by atoms with Gasteiger partial charge in [0.1, 0.15) is 0 Å². The molecule has 2 saturated heterocycles. The van der Waals surface area contributed by atoms with E-state index < -0.39 is 0 Å². The SMILES string of the molecule is COCCC1(C(=O)N2CCCN(C3CCOCC3)CC2)CCC1. The number of hydrogen-bond donors (Lipinski definition) is 0. The Morgan fingerprint density at radius 1 is 1.13 bits per heavy atom. The van der Waals surface area contributed by atoms with E-state index in [-0.39, 0.29) is 5.41 Å². The van der Waals surface area contributed by atoms with E-state index in [9.17, 15) is 4.79 Å². The first-order chi connectivity index (χ1) is 11.2. The van der Waals surface area contributed by atoms with Crippen LogP contribution in [0.3, 0.4) is 0 Å². The van der Waals surface area contributed by atoms with Crippen LogP contribution in [0, 0.1) is 5.41 Å². The summed E-state index contributed by atoms with van der Waals surface area (Å²) in [5, 5.41) is 0. The molecule has 0 N–H and O–H groups in total. The van der Waals surface area contributed by atoms with Gasteiger partial charge < -0.3 is 14.4 Å². The molecule has 2 aliphatic heterocycles. The summed E-state index contributed by atoms with van der Waals surface area (Å²) in [6.07, 6.45) is 7.58. The highest BCUT2D eigenvalue weighted by Crippen LogP contribution is 2.45. The summed E-state index contributed by atoms with van der Waals surface area (Å²) >= 11 is 0. The van der Waals surface area contributed by atoms with Gasteiger partial charge >= 0.3 is 0 Å². The second-order valence-corrected chi connectivity index (χ2v) is 7.40.